The molecule has 1 atom stereocenters. The molecule has 2 aliphatic heterocycles. The number of sulfonamides is 1. The van der Waals surface area contributed by atoms with E-state index in [1.54, 1.807) is 11.8 Å². The molecule has 0 aromatic carbocycles. The Hall–Kier alpha value is -1.09. The highest BCUT2D eigenvalue weighted by Crippen LogP contribution is 2.28. The first-order valence-electron chi connectivity index (χ1n) is 8.06. The maximum absolute atomic E-state index is 12.7. The molecular weight excluding hydrogens is 354 g/mol. The molecule has 3 rings (SSSR count). The summed E-state index contributed by atoms with van der Waals surface area (Å²) in [6.45, 7) is 3.68. The molecule has 136 valence electrons. The second-order valence-electron chi connectivity index (χ2n) is 6.17. The van der Waals surface area contributed by atoms with Gasteiger partial charge >= 0.3 is 0 Å². The topological polar surface area (TPSA) is 96.8 Å². The van der Waals surface area contributed by atoms with E-state index >= 15 is 0 Å². The van der Waals surface area contributed by atoms with E-state index in [1.807, 2.05) is 0 Å². The van der Waals surface area contributed by atoms with Crippen LogP contribution in [0, 0.1) is 6.92 Å². The molecule has 2 aliphatic rings. The third kappa shape index (κ3) is 3.33. The summed E-state index contributed by atoms with van der Waals surface area (Å²) in [5.41, 5.74) is 5.70. The van der Waals surface area contributed by atoms with E-state index in [1.165, 1.54) is 10.4 Å². The number of furan rings is 1. The van der Waals surface area contributed by atoms with Crippen molar-refractivity contribution in [3.63, 3.8) is 0 Å². The van der Waals surface area contributed by atoms with Gasteiger partial charge in [-0.2, -0.15) is 4.31 Å². The lowest BCUT2D eigenvalue weighted by atomic mass is 10.2. The molecule has 1 aromatic heterocycles. The molecule has 1 unspecified atom stereocenters. The van der Waals surface area contributed by atoms with E-state index in [-0.39, 0.29) is 40.8 Å². The molecular formula is C15H24ClN3O4S. The first-order chi connectivity index (χ1) is 10.9. The highest BCUT2D eigenvalue weighted by molar-refractivity contribution is 7.89. The Balaban J connectivity index is 0.00000208. The molecule has 1 aromatic rings. The molecule has 0 aliphatic carbocycles. The zero-order valence-corrected chi connectivity index (χ0v) is 15.4. The predicted octanol–water partition coefficient (Wildman–Crippen LogP) is 1.36. The van der Waals surface area contributed by atoms with Crippen LogP contribution in [0.5, 0.6) is 0 Å². The Kier molecular flexibility index (Phi) is 5.95. The number of likely N-dealkylation sites (tertiary alicyclic amines) is 1. The van der Waals surface area contributed by atoms with Crippen molar-refractivity contribution in [2.75, 3.05) is 26.2 Å². The first kappa shape index (κ1) is 19.2. The minimum atomic E-state index is -3.58. The fourth-order valence-corrected chi connectivity index (χ4v) is 5.06. The van der Waals surface area contributed by atoms with E-state index in [2.05, 4.69) is 0 Å². The van der Waals surface area contributed by atoms with E-state index in [0.717, 1.165) is 25.7 Å². The summed E-state index contributed by atoms with van der Waals surface area (Å²) in [4.78, 5) is 14.4. The summed E-state index contributed by atoms with van der Waals surface area (Å²) >= 11 is 0. The number of aryl methyl sites for hydroxylation is 1. The van der Waals surface area contributed by atoms with Crippen LogP contribution in [0.4, 0.5) is 0 Å². The first-order valence-corrected chi connectivity index (χ1v) is 9.51. The number of hydrogen-bond acceptors (Lipinski definition) is 5. The van der Waals surface area contributed by atoms with Crippen LogP contribution in [0.3, 0.4) is 0 Å². The van der Waals surface area contributed by atoms with Gasteiger partial charge in [-0.3, -0.25) is 4.79 Å². The number of rotatable bonds is 4. The van der Waals surface area contributed by atoms with Crippen molar-refractivity contribution in [2.24, 2.45) is 5.73 Å². The molecule has 0 bridgehead atoms. The third-order valence-electron chi connectivity index (χ3n) is 4.68. The van der Waals surface area contributed by atoms with Gasteiger partial charge in [-0.1, -0.05) is 0 Å². The van der Waals surface area contributed by atoms with E-state index in [9.17, 15) is 13.2 Å². The second-order valence-corrected chi connectivity index (χ2v) is 8.08. The Morgan fingerprint density at radius 2 is 1.96 bits per heavy atom. The molecule has 3 heterocycles. The lowest BCUT2D eigenvalue weighted by Gasteiger charge is -2.22. The smallest absolute Gasteiger partial charge is 0.289 e. The normalized spacial score (nSPS) is 21.9. The predicted molar refractivity (Wildman–Crippen MR) is 91.8 cm³/mol. The summed E-state index contributed by atoms with van der Waals surface area (Å²) < 4.78 is 32.3. The van der Waals surface area contributed by atoms with Crippen molar-refractivity contribution in [1.29, 1.82) is 0 Å². The molecule has 2 saturated heterocycles. The number of halogens is 1. The van der Waals surface area contributed by atoms with Crippen LogP contribution in [-0.2, 0) is 10.0 Å². The summed E-state index contributed by atoms with van der Waals surface area (Å²) in [5, 5.41) is 0. The minimum absolute atomic E-state index is 0. The molecule has 0 spiro atoms. The van der Waals surface area contributed by atoms with Crippen LogP contribution < -0.4 is 5.73 Å². The molecule has 0 saturated carbocycles. The number of nitrogens with zero attached hydrogens (tertiary/aromatic N) is 2. The van der Waals surface area contributed by atoms with Gasteiger partial charge in [0, 0.05) is 38.3 Å². The lowest BCUT2D eigenvalue weighted by Crippen LogP contribution is -2.39. The van der Waals surface area contributed by atoms with Gasteiger partial charge in [0.05, 0.1) is 0 Å². The van der Waals surface area contributed by atoms with Gasteiger partial charge in [0.15, 0.2) is 5.76 Å². The van der Waals surface area contributed by atoms with Crippen molar-refractivity contribution in [3.8, 4) is 0 Å². The molecule has 2 fully saturated rings. The average molecular weight is 378 g/mol. The van der Waals surface area contributed by atoms with Gasteiger partial charge in [-0.15, -0.1) is 12.4 Å². The molecule has 0 radical (unpaired) electrons. The summed E-state index contributed by atoms with van der Waals surface area (Å²) in [6, 6.07) is 1.38. The second kappa shape index (κ2) is 7.43. The van der Waals surface area contributed by atoms with Gasteiger partial charge in [-0.25, -0.2) is 8.42 Å². The van der Waals surface area contributed by atoms with Gasteiger partial charge in [0.2, 0.25) is 10.0 Å². The van der Waals surface area contributed by atoms with Crippen LogP contribution in [0.15, 0.2) is 15.4 Å². The average Bonchev–Trinajstić information content (AvgIpc) is 3.26. The van der Waals surface area contributed by atoms with Gasteiger partial charge in [0.25, 0.3) is 5.91 Å². The maximum Gasteiger partial charge on any atom is 0.289 e. The van der Waals surface area contributed by atoms with E-state index < -0.39 is 10.0 Å². The number of nitrogens with two attached hydrogens (primary N) is 1. The SMILES string of the molecule is Cc1oc(C(=O)N2CCCC2CN)cc1S(=O)(=O)N1CCCC1.Cl. The van der Waals surface area contributed by atoms with Gasteiger partial charge < -0.3 is 15.1 Å². The van der Waals surface area contributed by atoms with Crippen molar-refractivity contribution in [2.45, 2.75) is 43.5 Å². The fraction of sp³-hybridized carbons (Fsp3) is 0.667. The summed E-state index contributed by atoms with van der Waals surface area (Å²) in [6.07, 6.45) is 3.52. The standard InChI is InChI=1S/C15H23N3O4S.ClH/c1-11-14(23(20,21)17-6-2-3-7-17)9-13(22-11)15(19)18-8-4-5-12(18)10-16;/h9,12H,2-8,10,16H2,1H3;1H. The van der Waals surface area contributed by atoms with Crippen LogP contribution in [0.1, 0.15) is 42.0 Å². The van der Waals surface area contributed by atoms with Crippen molar-refractivity contribution in [1.82, 2.24) is 9.21 Å². The number of hydrogen-bond donors (Lipinski definition) is 1. The molecule has 1 amide bonds. The quantitative estimate of drug-likeness (QED) is 0.854. The monoisotopic (exact) mass is 377 g/mol. The molecule has 24 heavy (non-hydrogen) atoms. The van der Waals surface area contributed by atoms with Gasteiger partial charge in [-0.05, 0) is 32.6 Å². The zero-order valence-electron chi connectivity index (χ0n) is 13.7. The van der Waals surface area contributed by atoms with Crippen LogP contribution in [0.25, 0.3) is 0 Å². The molecule has 9 heteroatoms. The summed E-state index contributed by atoms with van der Waals surface area (Å²) in [5.74, 6) is 0.0771. The lowest BCUT2D eigenvalue weighted by molar-refractivity contribution is 0.0707. The Labute approximate surface area is 148 Å². The fourth-order valence-electron chi connectivity index (χ4n) is 3.38. The van der Waals surface area contributed by atoms with E-state index in [4.69, 9.17) is 10.2 Å². The van der Waals surface area contributed by atoms with Crippen molar-refractivity contribution in [3.05, 3.63) is 17.6 Å². The Bertz CT molecular complexity index is 698. The third-order valence-corrected chi connectivity index (χ3v) is 6.68. The van der Waals surface area contributed by atoms with E-state index in [0.29, 0.717) is 26.2 Å². The highest BCUT2D eigenvalue weighted by atomic mass is 35.5. The molecule has 2 N–H and O–H groups in total. The maximum atomic E-state index is 12.7. The largest absolute Gasteiger partial charge is 0.455 e. The number of carbonyl (C=O) groups is 1. The van der Waals surface area contributed by atoms with Gasteiger partial charge in [0.1, 0.15) is 10.7 Å². The summed E-state index contributed by atoms with van der Waals surface area (Å²) in [7, 11) is -3.58. The Morgan fingerprint density at radius 1 is 1.29 bits per heavy atom. The Morgan fingerprint density at radius 3 is 2.58 bits per heavy atom. The number of amides is 1. The number of carbonyl (C=O) groups excluding carboxylic acids is 1. The van der Waals surface area contributed by atoms with Crippen LogP contribution in [0.2, 0.25) is 0 Å². The minimum Gasteiger partial charge on any atom is -0.455 e. The van der Waals surface area contributed by atoms with Crippen LogP contribution in [-0.4, -0.2) is 55.8 Å². The van der Waals surface area contributed by atoms with Crippen LogP contribution >= 0.6 is 12.4 Å². The van der Waals surface area contributed by atoms with Crippen molar-refractivity contribution < 1.29 is 17.6 Å². The highest BCUT2D eigenvalue weighted by Gasteiger charge is 2.34. The van der Waals surface area contributed by atoms with Crippen molar-refractivity contribution >= 4 is 28.3 Å². The zero-order chi connectivity index (χ0) is 16.6. The molecule has 7 nitrogen and oxygen atoms in total.